The summed E-state index contributed by atoms with van der Waals surface area (Å²) in [6, 6.07) is 6.16. The Balaban J connectivity index is 1.88. The number of aromatic nitrogens is 1. The zero-order valence-corrected chi connectivity index (χ0v) is 16.0. The number of rotatable bonds is 7. The van der Waals surface area contributed by atoms with Gasteiger partial charge in [0.15, 0.2) is 12.4 Å². The van der Waals surface area contributed by atoms with E-state index in [-0.39, 0.29) is 53.4 Å². The van der Waals surface area contributed by atoms with Crippen LogP contribution in [0.25, 0.3) is 0 Å². The van der Waals surface area contributed by atoms with Gasteiger partial charge < -0.3 is 14.8 Å². The van der Waals surface area contributed by atoms with Crippen molar-refractivity contribution in [1.82, 2.24) is 4.98 Å². The molecule has 0 aliphatic carbocycles. The van der Waals surface area contributed by atoms with Gasteiger partial charge in [0.05, 0.1) is 11.4 Å². The molecule has 1 saturated heterocycles. The topological polar surface area (TPSA) is 84.3 Å². The average molecular weight is 443 g/mol. The van der Waals surface area contributed by atoms with Gasteiger partial charge in [-0.15, -0.1) is 0 Å². The lowest BCUT2D eigenvalue weighted by Crippen LogP contribution is -2.42. The zero-order chi connectivity index (χ0) is 22.6. The maximum Gasteiger partial charge on any atom is 0.414 e. The SMILES string of the molecule is N=C(c1cccc(OC(F)F)c1)c1ncc(C=O)cc1NC1CCOC(C(F)(F)F)C1. The molecule has 1 aromatic carbocycles. The van der Waals surface area contributed by atoms with Gasteiger partial charge in [-0.05, 0) is 24.6 Å². The van der Waals surface area contributed by atoms with E-state index in [1.54, 1.807) is 0 Å². The molecule has 166 valence electrons. The van der Waals surface area contributed by atoms with E-state index in [2.05, 4.69) is 15.0 Å². The second-order valence-corrected chi connectivity index (χ2v) is 6.83. The second-order valence-electron chi connectivity index (χ2n) is 6.83. The standard InChI is InChI=1S/C20H18F5N3O3/c21-19(22)31-14-3-1-2-12(7-14)17(26)18-15(6-11(10-29)9-27-18)28-13-4-5-30-16(8-13)20(23,24)25/h1-3,6-7,9-10,13,16,19,26,28H,4-5,8H2. The van der Waals surface area contributed by atoms with Crippen molar-refractivity contribution in [3.05, 3.63) is 53.3 Å². The van der Waals surface area contributed by atoms with Gasteiger partial charge in [0, 0.05) is 36.4 Å². The number of carbonyl (C=O) groups excluding carboxylic acids is 1. The van der Waals surface area contributed by atoms with Gasteiger partial charge in [0.25, 0.3) is 0 Å². The minimum absolute atomic E-state index is 0.0508. The summed E-state index contributed by atoms with van der Waals surface area (Å²) in [6.07, 6.45) is -4.77. The average Bonchev–Trinajstić information content (AvgIpc) is 2.72. The molecule has 0 amide bonds. The number of carbonyl (C=O) groups is 1. The fourth-order valence-electron chi connectivity index (χ4n) is 3.20. The van der Waals surface area contributed by atoms with Crippen LogP contribution in [0.5, 0.6) is 5.75 Å². The molecule has 6 nitrogen and oxygen atoms in total. The molecule has 0 saturated carbocycles. The summed E-state index contributed by atoms with van der Waals surface area (Å²) in [5, 5.41) is 11.4. The molecule has 0 spiro atoms. The van der Waals surface area contributed by atoms with Gasteiger partial charge in [-0.2, -0.15) is 22.0 Å². The Bertz CT molecular complexity index is 952. The molecule has 31 heavy (non-hydrogen) atoms. The lowest BCUT2D eigenvalue weighted by Gasteiger charge is -2.32. The normalized spacial score (nSPS) is 19.2. The first kappa shape index (κ1) is 22.6. The van der Waals surface area contributed by atoms with E-state index in [1.807, 2.05) is 0 Å². The Hall–Kier alpha value is -3.08. The lowest BCUT2D eigenvalue weighted by atomic mass is 10.0. The lowest BCUT2D eigenvalue weighted by molar-refractivity contribution is -0.230. The highest BCUT2D eigenvalue weighted by atomic mass is 19.4. The summed E-state index contributed by atoms with van der Waals surface area (Å²) in [6.45, 7) is -3.15. The van der Waals surface area contributed by atoms with E-state index >= 15 is 0 Å². The third kappa shape index (κ3) is 5.75. The molecule has 2 atom stereocenters. The van der Waals surface area contributed by atoms with Gasteiger partial charge in [-0.1, -0.05) is 12.1 Å². The van der Waals surface area contributed by atoms with Crippen LogP contribution in [0, 0.1) is 5.41 Å². The Labute approximate surface area is 173 Å². The van der Waals surface area contributed by atoms with Crippen molar-refractivity contribution in [3.8, 4) is 5.75 Å². The van der Waals surface area contributed by atoms with Crippen LogP contribution in [0.1, 0.15) is 34.5 Å². The van der Waals surface area contributed by atoms with Crippen LogP contribution < -0.4 is 10.1 Å². The fourth-order valence-corrected chi connectivity index (χ4v) is 3.20. The van der Waals surface area contributed by atoms with Crippen LogP contribution in [-0.2, 0) is 4.74 Å². The highest BCUT2D eigenvalue weighted by Crippen LogP contribution is 2.32. The molecule has 2 heterocycles. The zero-order valence-electron chi connectivity index (χ0n) is 16.0. The quantitative estimate of drug-likeness (QED) is 0.376. The van der Waals surface area contributed by atoms with E-state index in [9.17, 15) is 26.7 Å². The monoisotopic (exact) mass is 443 g/mol. The largest absolute Gasteiger partial charge is 0.435 e. The van der Waals surface area contributed by atoms with Crippen molar-refractivity contribution < 1.29 is 36.2 Å². The van der Waals surface area contributed by atoms with Crippen LogP contribution >= 0.6 is 0 Å². The summed E-state index contributed by atoms with van der Waals surface area (Å²) in [5.74, 6) is -0.159. The van der Waals surface area contributed by atoms with Crippen molar-refractivity contribution in [2.24, 2.45) is 0 Å². The third-order valence-electron chi connectivity index (χ3n) is 4.64. The van der Waals surface area contributed by atoms with Gasteiger partial charge in [0.1, 0.15) is 11.4 Å². The first-order valence-electron chi connectivity index (χ1n) is 9.21. The fraction of sp³-hybridized carbons (Fsp3) is 0.350. The van der Waals surface area contributed by atoms with E-state index in [1.165, 1.54) is 36.5 Å². The third-order valence-corrected chi connectivity index (χ3v) is 4.64. The number of pyridine rings is 1. The number of halogens is 5. The molecule has 0 bridgehead atoms. The Morgan fingerprint density at radius 2 is 2.10 bits per heavy atom. The second kappa shape index (κ2) is 9.38. The summed E-state index contributed by atoms with van der Waals surface area (Å²) in [7, 11) is 0. The molecule has 2 unspecified atom stereocenters. The number of nitrogens with zero attached hydrogens (tertiary/aromatic N) is 1. The molecule has 1 fully saturated rings. The Morgan fingerprint density at radius 3 is 2.77 bits per heavy atom. The number of benzene rings is 1. The van der Waals surface area contributed by atoms with Crippen LogP contribution in [0.2, 0.25) is 0 Å². The van der Waals surface area contributed by atoms with Crippen LogP contribution in [0.4, 0.5) is 27.6 Å². The molecular weight excluding hydrogens is 425 g/mol. The maximum absolute atomic E-state index is 13.0. The summed E-state index contributed by atoms with van der Waals surface area (Å²) in [5.41, 5.74) is 0.414. The minimum atomic E-state index is -4.51. The van der Waals surface area contributed by atoms with Gasteiger partial charge >= 0.3 is 12.8 Å². The molecule has 0 radical (unpaired) electrons. The molecule has 3 rings (SSSR count). The molecule has 2 aromatic rings. The van der Waals surface area contributed by atoms with E-state index in [4.69, 9.17) is 10.1 Å². The number of hydrogen-bond acceptors (Lipinski definition) is 6. The van der Waals surface area contributed by atoms with Gasteiger partial charge in [-0.3, -0.25) is 15.2 Å². The van der Waals surface area contributed by atoms with Crippen LogP contribution in [-0.4, -0.2) is 48.5 Å². The number of nitrogens with one attached hydrogen (secondary N) is 2. The number of alkyl halides is 5. The molecule has 1 aromatic heterocycles. The summed E-state index contributed by atoms with van der Waals surface area (Å²) >= 11 is 0. The van der Waals surface area contributed by atoms with Crippen molar-refractivity contribution in [2.75, 3.05) is 11.9 Å². The van der Waals surface area contributed by atoms with Gasteiger partial charge in [-0.25, -0.2) is 0 Å². The smallest absolute Gasteiger partial charge is 0.414 e. The summed E-state index contributed by atoms with van der Waals surface area (Å²) < 4.78 is 73.1. The highest BCUT2D eigenvalue weighted by molar-refractivity contribution is 6.13. The first-order valence-corrected chi connectivity index (χ1v) is 9.21. The van der Waals surface area contributed by atoms with E-state index in [0.717, 1.165) is 0 Å². The summed E-state index contributed by atoms with van der Waals surface area (Å²) in [4.78, 5) is 15.2. The molecule has 1 aliphatic heterocycles. The van der Waals surface area contributed by atoms with Crippen molar-refractivity contribution in [1.29, 1.82) is 5.41 Å². The number of aldehydes is 1. The Kier molecular flexibility index (Phi) is 6.84. The molecular formula is C20H18F5N3O3. The van der Waals surface area contributed by atoms with Crippen LogP contribution in [0.15, 0.2) is 36.5 Å². The maximum atomic E-state index is 13.0. The van der Waals surface area contributed by atoms with E-state index < -0.39 is 24.9 Å². The van der Waals surface area contributed by atoms with Crippen molar-refractivity contribution in [3.63, 3.8) is 0 Å². The number of anilines is 1. The highest BCUT2D eigenvalue weighted by Gasteiger charge is 2.43. The van der Waals surface area contributed by atoms with Crippen molar-refractivity contribution >= 4 is 17.7 Å². The predicted molar refractivity (Wildman–Crippen MR) is 101 cm³/mol. The molecule has 1 aliphatic rings. The van der Waals surface area contributed by atoms with Crippen molar-refractivity contribution in [2.45, 2.75) is 37.8 Å². The van der Waals surface area contributed by atoms with Crippen LogP contribution in [0.3, 0.4) is 0 Å². The minimum Gasteiger partial charge on any atom is -0.435 e. The van der Waals surface area contributed by atoms with Gasteiger partial charge in [0.2, 0.25) is 0 Å². The van der Waals surface area contributed by atoms with E-state index in [0.29, 0.717) is 6.29 Å². The molecule has 2 N–H and O–H groups in total. The first-order chi connectivity index (χ1) is 14.7. The molecule has 11 heteroatoms. The Morgan fingerprint density at radius 1 is 1.32 bits per heavy atom. The number of ether oxygens (including phenoxy) is 2. The number of hydrogen-bond donors (Lipinski definition) is 2. The predicted octanol–water partition coefficient (Wildman–Crippen LogP) is 4.43.